The van der Waals surface area contributed by atoms with Crippen LogP contribution >= 0.6 is 15.9 Å². The molecule has 0 atom stereocenters. The van der Waals surface area contributed by atoms with Gasteiger partial charge in [0.25, 0.3) is 10.0 Å². The largest absolute Gasteiger partial charge is 0.399 e. The maximum Gasteiger partial charge on any atom is 0.266 e. The number of nitrogens with one attached hydrogen (secondary N) is 1. The van der Waals surface area contributed by atoms with E-state index in [1.54, 1.807) is 0 Å². The van der Waals surface area contributed by atoms with Crippen molar-refractivity contribution in [1.82, 2.24) is 5.16 Å². The molecular formula is C9H7BrFN3O3S. The Labute approximate surface area is 110 Å². The van der Waals surface area contributed by atoms with Gasteiger partial charge in [0.2, 0.25) is 0 Å². The molecule has 1 heterocycles. The highest BCUT2D eigenvalue weighted by atomic mass is 79.9. The minimum absolute atomic E-state index is 0.0389. The highest BCUT2D eigenvalue weighted by molar-refractivity contribution is 9.10. The molecule has 2 aromatic rings. The second-order valence-electron chi connectivity index (χ2n) is 3.31. The van der Waals surface area contributed by atoms with Crippen LogP contribution in [0.25, 0.3) is 0 Å². The van der Waals surface area contributed by atoms with Gasteiger partial charge in [-0.25, -0.2) is 12.8 Å². The van der Waals surface area contributed by atoms with Crippen molar-refractivity contribution in [3.8, 4) is 0 Å². The monoisotopic (exact) mass is 335 g/mol. The molecule has 1 aromatic carbocycles. The minimum Gasteiger partial charge on any atom is -0.399 e. The van der Waals surface area contributed by atoms with Crippen LogP contribution in [0.1, 0.15) is 0 Å². The Morgan fingerprint density at radius 3 is 2.78 bits per heavy atom. The number of aromatic nitrogens is 1. The average Bonchev–Trinajstić information content (AvgIpc) is 2.75. The standard InChI is InChI=1S/C9H7BrFN3O3S/c10-6-3-5(12)4-7(9(6)11)18(15,16)14-8-1-2-17-13-8/h1-4H,12H2,(H,13,14). The SMILES string of the molecule is Nc1cc(Br)c(F)c(S(=O)(=O)Nc2ccon2)c1. The summed E-state index contributed by atoms with van der Waals surface area (Å²) in [6, 6.07) is 3.57. The smallest absolute Gasteiger partial charge is 0.266 e. The molecule has 96 valence electrons. The van der Waals surface area contributed by atoms with Gasteiger partial charge in [0.15, 0.2) is 11.6 Å². The minimum atomic E-state index is -4.12. The molecule has 0 aliphatic carbocycles. The lowest BCUT2D eigenvalue weighted by Gasteiger charge is -2.08. The molecule has 0 saturated carbocycles. The highest BCUT2D eigenvalue weighted by Gasteiger charge is 2.22. The van der Waals surface area contributed by atoms with Gasteiger partial charge in [0.05, 0.1) is 4.47 Å². The van der Waals surface area contributed by atoms with E-state index in [2.05, 4.69) is 30.3 Å². The summed E-state index contributed by atoms with van der Waals surface area (Å²) < 4.78 is 44.1. The van der Waals surface area contributed by atoms with Gasteiger partial charge in [-0.15, -0.1) is 0 Å². The Kier molecular flexibility index (Phi) is 3.26. The van der Waals surface area contributed by atoms with Crippen molar-refractivity contribution < 1.29 is 17.3 Å². The van der Waals surface area contributed by atoms with Crippen molar-refractivity contribution in [2.75, 3.05) is 10.5 Å². The van der Waals surface area contributed by atoms with Crippen LogP contribution in [0, 0.1) is 5.82 Å². The summed E-state index contributed by atoms with van der Waals surface area (Å²) in [7, 11) is -4.12. The van der Waals surface area contributed by atoms with E-state index in [1.807, 2.05) is 0 Å². The fourth-order valence-electron chi connectivity index (χ4n) is 1.24. The Hall–Kier alpha value is -1.61. The fraction of sp³-hybridized carbons (Fsp3) is 0. The van der Waals surface area contributed by atoms with E-state index in [9.17, 15) is 12.8 Å². The van der Waals surface area contributed by atoms with E-state index in [4.69, 9.17) is 5.73 Å². The van der Waals surface area contributed by atoms with E-state index >= 15 is 0 Å². The highest BCUT2D eigenvalue weighted by Crippen LogP contribution is 2.27. The maximum absolute atomic E-state index is 13.7. The predicted octanol–water partition coefficient (Wildman–Crippen LogP) is 1.96. The Bertz CT molecular complexity index is 673. The number of anilines is 2. The van der Waals surface area contributed by atoms with Crippen molar-refractivity contribution in [2.45, 2.75) is 4.90 Å². The number of benzene rings is 1. The summed E-state index contributed by atoms with van der Waals surface area (Å²) >= 11 is 2.89. The van der Waals surface area contributed by atoms with Crippen molar-refractivity contribution in [1.29, 1.82) is 0 Å². The summed E-state index contributed by atoms with van der Waals surface area (Å²) in [4.78, 5) is -0.572. The molecule has 0 saturated heterocycles. The third kappa shape index (κ3) is 2.46. The first-order valence-electron chi connectivity index (χ1n) is 4.58. The normalized spacial score (nSPS) is 11.4. The summed E-state index contributed by atoms with van der Waals surface area (Å²) in [5.41, 5.74) is 5.59. The lowest BCUT2D eigenvalue weighted by Crippen LogP contribution is -2.15. The molecule has 0 bridgehead atoms. The molecule has 0 unspecified atom stereocenters. The van der Waals surface area contributed by atoms with Crippen molar-refractivity contribution in [3.05, 3.63) is 34.8 Å². The molecule has 0 amide bonds. The second-order valence-corrected chi connectivity index (χ2v) is 5.81. The van der Waals surface area contributed by atoms with Crippen LogP contribution in [0.3, 0.4) is 0 Å². The van der Waals surface area contributed by atoms with Crippen LogP contribution < -0.4 is 10.5 Å². The quantitative estimate of drug-likeness (QED) is 0.835. The Balaban J connectivity index is 2.48. The van der Waals surface area contributed by atoms with Crippen LogP contribution in [-0.2, 0) is 10.0 Å². The van der Waals surface area contributed by atoms with Gasteiger partial charge in [-0.3, -0.25) is 4.72 Å². The van der Waals surface area contributed by atoms with Gasteiger partial charge in [0.1, 0.15) is 11.2 Å². The molecule has 0 fully saturated rings. The molecule has 1 aromatic heterocycles. The summed E-state index contributed by atoms with van der Waals surface area (Å²) in [6.45, 7) is 0. The molecule has 6 nitrogen and oxygen atoms in total. The number of nitrogens with two attached hydrogens (primary N) is 1. The molecule has 3 N–H and O–H groups in total. The van der Waals surface area contributed by atoms with Crippen molar-refractivity contribution in [3.63, 3.8) is 0 Å². The lowest BCUT2D eigenvalue weighted by atomic mass is 10.3. The Morgan fingerprint density at radius 2 is 2.17 bits per heavy atom. The van der Waals surface area contributed by atoms with E-state index in [0.29, 0.717) is 0 Å². The predicted molar refractivity (Wildman–Crippen MR) is 65.8 cm³/mol. The van der Waals surface area contributed by atoms with Gasteiger partial charge >= 0.3 is 0 Å². The fourth-order valence-corrected chi connectivity index (χ4v) is 2.97. The number of hydrogen-bond acceptors (Lipinski definition) is 5. The van der Waals surface area contributed by atoms with E-state index in [-0.39, 0.29) is 16.0 Å². The molecule has 0 radical (unpaired) electrons. The lowest BCUT2D eigenvalue weighted by molar-refractivity contribution is 0.423. The zero-order valence-electron chi connectivity index (χ0n) is 8.72. The van der Waals surface area contributed by atoms with E-state index < -0.39 is 20.7 Å². The van der Waals surface area contributed by atoms with Crippen LogP contribution in [-0.4, -0.2) is 13.6 Å². The zero-order valence-corrected chi connectivity index (χ0v) is 11.1. The number of nitrogens with zero attached hydrogens (tertiary/aromatic N) is 1. The molecule has 2 rings (SSSR count). The van der Waals surface area contributed by atoms with Gasteiger partial charge in [0, 0.05) is 11.8 Å². The van der Waals surface area contributed by atoms with E-state index in [0.717, 1.165) is 6.07 Å². The molecule has 0 aliphatic heterocycles. The zero-order chi connectivity index (χ0) is 13.3. The first kappa shape index (κ1) is 12.8. The summed E-state index contributed by atoms with van der Waals surface area (Å²) in [5, 5.41) is 3.37. The van der Waals surface area contributed by atoms with Crippen LogP contribution in [0.2, 0.25) is 0 Å². The molecule has 0 spiro atoms. The topological polar surface area (TPSA) is 98.2 Å². The summed E-state index contributed by atoms with van der Waals surface area (Å²) in [6.07, 6.45) is 1.18. The van der Waals surface area contributed by atoms with Gasteiger partial charge in [-0.05, 0) is 28.1 Å². The number of nitrogen functional groups attached to an aromatic ring is 1. The van der Waals surface area contributed by atoms with Crippen molar-refractivity contribution in [2.24, 2.45) is 0 Å². The van der Waals surface area contributed by atoms with Gasteiger partial charge in [-0.1, -0.05) is 5.16 Å². The van der Waals surface area contributed by atoms with Crippen LogP contribution in [0.4, 0.5) is 15.9 Å². The van der Waals surface area contributed by atoms with Gasteiger partial charge in [-0.2, -0.15) is 0 Å². The Morgan fingerprint density at radius 1 is 1.44 bits per heavy atom. The molecular weight excluding hydrogens is 329 g/mol. The van der Waals surface area contributed by atoms with Crippen LogP contribution in [0.15, 0.2) is 38.4 Å². The number of rotatable bonds is 3. The maximum atomic E-state index is 13.7. The molecule has 18 heavy (non-hydrogen) atoms. The molecule has 0 aliphatic rings. The number of hydrogen-bond donors (Lipinski definition) is 2. The first-order valence-corrected chi connectivity index (χ1v) is 6.85. The number of halogens is 2. The third-order valence-corrected chi connectivity index (χ3v) is 3.91. The number of sulfonamides is 1. The van der Waals surface area contributed by atoms with Crippen molar-refractivity contribution >= 4 is 37.5 Å². The average molecular weight is 336 g/mol. The third-order valence-electron chi connectivity index (χ3n) is 1.98. The second kappa shape index (κ2) is 4.58. The summed E-state index contributed by atoms with van der Waals surface area (Å²) in [5.74, 6) is -0.979. The van der Waals surface area contributed by atoms with Crippen LogP contribution in [0.5, 0.6) is 0 Å². The first-order chi connectivity index (χ1) is 8.40. The van der Waals surface area contributed by atoms with E-state index in [1.165, 1.54) is 18.4 Å². The van der Waals surface area contributed by atoms with Gasteiger partial charge < -0.3 is 10.3 Å². The molecule has 9 heteroatoms.